The van der Waals surface area contributed by atoms with Gasteiger partial charge in [0.15, 0.2) is 6.10 Å². The Kier molecular flexibility index (Phi) is 5.19. The van der Waals surface area contributed by atoms with E-state index < -0.39 is 6.10 Å². The van der Waals surface area contributed by atoms with Gasteiger partial charge in [-0.05, 0) is 56.4 Å². The Hall–Kier alpha value is -1.48. The lowest BCUT2D eigenvalue weighted by Gasteiger charge is -2.29. The SMILES string of the molecule is C=C1C[C@@H](OC(=O)[C@@H](C)Oc2ccc(Cl)cc2C)[C@@H]2CCCC[C@H]12. The van der Waals surface area contributed by atoms with E-state index >= 15 is 0 Å². The molecule has 24 heavy (non-hydrogen) atoms. The fourth-order valence-corrected chi connectivity index (χ4v) is 4.26. The van der Waals surface area contributed by atoms with Crippen LogP contribution in [0.25, 0.3) is 0 Å². The summed E-state index contributed by atoms with van der Waals surface area (Å²) in [6, 6.07) is 5.37. The lowest BCUT2D eigenvalue weighted by atomic mass is 9.80. The molecule has 0 saturated heterocycles. The lowest BCUT2D eigenvalue weighted by Crippen LogP contribution is -2.33. The summed E-state index contributed by atoms with van der Waals surface area (Å²) in [5, 5.41) is 0.655. The molecule has 0 aliphatic heterocycles. The van der Waals surface area contributed by atoms with E-state index in [2.05, 4.69) is 6.58 Å². The number of hydrogen-bond donors (Lipinski definition) is 0. The van der Waals surface area contributed by atoms with Crippen LogP contribution in [0.2, 0.25) is 5.02 Å². The van der Waals surface area contributed by atoms with E-state index in [1.165, 1.54) is 24.8 Å². The Morgan fingerprint density at radius 3 is 2.83 bits per heavy atom. The molecule has 0 heterocycles. The molecule has 2 fully saturated rings. The van der Waals surface area contributed by atoms with Crippen molar-refractivity contribution in [2.75, 3.05) is 0 Å². The number of hydrogen-bond acceptors (Lipinski definition) is 3. The molecular formula is C20H25ClO3. The maximum absolute atomic E-state index is 12.5. The van der Waals surface area contributed by atoms with Gasteiger partial charge in [-0.3, -0.25) is 0 Å². The minimum Gasteiger partial charge on any atom is -0.479 e. The third-order valence-electron chi connectivity index (χ3n) is 5.32. The van der Waals surface area contributed by atoms with E-state index in [4.69, 9.17) is 21.1 Å². The molecule has 4 heteroatoms. The fraction of sp³-hybridized carbons (Fsp3) is 0.550. The van der Waals surface area contributed by atoms with Crippen LogP contribution in [0.4, 0.5) is 0 Å². The average molecular weight is 349 g/mol. The van der Waals surface area contributed by atoms with Crippen molar-refractivity contribution in [1.29, 1.82) is 0 Å². The smallest absolute Gasteiger partial charge is 0.347 e. The van der Waals surface area contributed by atoms with E-state index in [1.54, 1.807) is 19.1 Å². The van der Waals surface area contributed by atoms with Gasteiger partial charge in [0.25, 0.3) is 0 Å². The monoisotopic (exact) mass is 348 g/mol. The van der Waals surface area contributed by atoms with E-state index in [1.807, 2.05) is 13.0 Å². The maximum atomic E-state index is 12.5. The predicted molar refractivity (Wildman–Crippen MR) is 95.4 cm³/mol. The Bertz CT molecular complexity index is 640. The van der Waals surface area contributed by atoms with Gasteiger partial charge in [0.2, 0.25) is 0 Å². The normalized spacial score (nSPS) is 27.5. The zero-order valence-electron chi connectivity index (χ0n) is 14.4. The number of benzene rings is 1. The van der Waals surface area contributed by atoms with Gasteiger partial charge in [-0.2, -0.15) is 0 Å². The van der Waals surface area contributed by atoms with Crippen LogP contribution in [0.1, 0.15) is 44.6 Å². The first-order valence-electron chi connectivity index (χ1n) is 8.76. The van der Waals surface area contributed by atoms with Crippen LogP contribution in [0, 0.1) is 18.8 Å². The molecule has 130 valence electrons. The van der Waals surface area contributed by atoms with Crippen LogP contribution in [0.3, 0.4) is 0 Å². The van der Waals surface area contributed by atoms with Crippen LogP contribution < -0.4 is 4.74 Å². The van der Waals surface area contributed by atoms with Gasteiger partial charge in [-0.1, -0.05) is 36.6 Å². The summed E-state index contributed by atoms with van der Waals surface area (Å²) in [4.78, 5) is 12.5. The summed E-state index contributed by atoms with van der Waals surface area (Å²) in [5.74, 6) is 1.34. The maximum Gasteiger partial charge on any atom is 0.347 e. The highest BCUT2D eigenvalue weighted by molar-refractivity contribution is 6.30. The second-order valence-electron chi connectivity index (χ2n) is 7.06. The molecule has 2 aliphatic rings. The highest BCUT2D eigenvalue weighted by Crippen LogP contribution is 2.46. The standard InChI is InChI=1S/C20H25ClO3/c1-12-11-19(17-7-5-4-6-16(12)17)24-20(22)14(3)23-18-9-8-15(21)10-13(18)2/h8-10,14,16-17,19H,1,4-7,11H2,2-3H3/t14-,16-,17-,19-/m1/s1. The van der Waals surface area contributed by atoms with Crippen LogP contribution >= 0.6 is 11.6 Å². The summed E-state index contributed by atoms with van der Waals surface area (Å²) in [7, 11) is 0. The Morgan fingerprint density at radius 2 is 2.08 bits per heavy atom. The molecule has 3 rings (SSSR count). The molecule has 2 aliphatic carbocycles. The van der Waals surface area contributed by atoms with Crippen molar-refractivity contribution in [3.05, 3.63) is 40.9 Å². The summed E-state index contributed by atoms with van der Waals surface area (Å²) in [5.41, 5.74) is 2.16. The van der Waals surface area contributed by atoms with Gasteiger partial charge >= 0.3 is 5.97 Å². The summed E-state index contributed by atoms with van der Waals surface area (Å²) in [6.07, 6.45) is 4.93. The van der Waals surface area contributed by atoms with Gasteiger partial charge in [-0.25, -0.2) is 4.79 Å². The third kappa shape index (κ3) is 3.61. The van der Waals surface area contributed by atoms with E-state index in [0.29, 0.717) is 22.6 Å². The van der Waals surface area contributed by atoms with Crippen molar-refractivity contribution in [2.45, 2.75) is 58.2 Å². The molecular weight excluding hydrogens is 324 g/mol. The first kappa shape index (κ1) is 17.3. The van der Waals surface area contributed by atoms with Crippen LogP contribution in [-0.4, -0.2) is 18.2 Å². The number of aryl methyl sites for hydroxylation is 1. The number of rotatable bonds is 4. The second-order valence-corrected chi connectivity index (χ2v) is 7.50. The molecule has 0 unspecified atom stereocenters. The molecule has 0 radical (unpaired) electrons. The molecule has 1 aromatic rings. The summed E-state index contributed by atoms with van der Waals surface area (Å²) < 4.78 is 11.6. The molecule has 0 N–H and O–H groups in total. The molecule has 0 aromatic heterocycles. The summed E-state index contributed by atoms with van der Waals surface area (Å²) in [6.45, 7) is 7.84. The molecule has 3 nitrogen and oxygen atoms in total. The molecule has 4 atom stereocenters. The average Bonchev–Trinajstić information content (AvgIpc) is 2.86. The molecule has 0 bridgehead atoms. The number of esters is 1. The largest absolute Gasteiger partial charge is 0.479 e. The Labute approximate surface area is 149 Å². The Morgan fingerprint density at radius 1 is 1.33 bits per heavy atom. The molecule has 0 amide bonds. The van der Waals surface area contributed by atoms with Crippen LogP contribution in [-0.2, 0) is 9.53 Å². The molecule has 0 spiro atoms. The number of carbonyl (C=O) groups excluding carboxylic acids is 1. The predicted octanol–water partition coefficient (Wildman–Crippen LogP) is 5.09. The van der Waals surface area contributed by atoms with Gasteiger partial charge in [0.05, 0.1) is 0 Å². The van der Waals surface area contributed by atoms with Crippen molar-refractivity contribution in [3.63, 3.8) is 0 Å². The third-order valence-corrected chi connectivity index (χ3v) is 5.56. The van der Waals surface area contributed by atoms with Crippen molar-refractivity contribution in [1.82, 2.24) is 0 Å². The van der Waals surface area contributed by atoms with Gasteiger partial charge in [0.1, 0.15) is 11.9 Å². The fourth-order valence-electron chi connectivity index (χ4n) is 4.03. The van der Waals surface area contributed by atoms with Crippen molar-refractivity contribution in [3.8, 4) is 5.75 Å². The molecule has 1 aromatic carbocycles. The van der Waals surface area contributed by atoms with Crippen molar-refractivity contribution >= 4 is 17.6 Å². The first-order chi connectivity index (χ1) is 11.5. The summed E-state index contributed by atoms with van der Waals surface area (Å²) >= 11 is 5.95. The number of halogens is 1. The van der Waals surface area contributed by atoms with E-state index in [-0.39, 0.29) is 12.1 Å². The first-order valence-corrected chi connectivity index (χ1v) is 9.14. The van der Waals surface area contributed by atoms with Gasteiger partial charge < -0.3 is 9.47 Å². The highest BCUT2D eigenvalue weighted by atomic mass is 35.5. The molecule has 2 saturated carbocycles. The second kappa shape index (κ2) is 7.18. The lowest BCUT2D eigenvalue weighted by molar-refractivity contribution is -0.159. The highest BCUT2D eigenvalue weighted by Gasteiger charge is 2.42. The number of carbonyl (C=O) groups is 1. The zero-order valence-corrected chi connectivity index (χ0v) is 15.1. The Balaban J connectivity index is 1.61. The van der Waals surface area contributed by atoms with Crippen molar-refractivity contribution in [2.24, 2.45) is 11.8 Å². The van der Waals surface area contributed by atoms with Crippen molar-refractivity contribution < 1.29 is 14.3 Å². The van der Waals surface area contributed by atoms with Gasteiger partial charge in [-0.15, -0.1) is 0 Å². The quantitative estimate of drug-likeness (QED) is 0.561. The minimum atomic E-state index is -0.638. The minimum absolute atomic E-state index is 0.0346. The van der Waals surface area contributed by atoms with E-state index in [9.17, 15) is 4.79 Å². The van der Waals surface area contributed by atoms with Crippen LogP contribution in [0.15, 0.2) is 30.4 Å². The number of fused-ring (bicyclic) bond motifs is 1. The van der Waals surface area contributed by atoms with E-state index in [0.717, 1.165) is 18.4 Å². The zero-order chi connectivity index (χ0) is 17.3. The van der Waals surface area contributed by atoms with Crippen LogP contribution in [0.5, 0.6) is 5.75 Å². The topological polar surface area (TPSA) is 35.5 Å². The number of ether oxygens (including phenoxy) is 2. The van der Waals surface area contributed by atoms with Gasteiger partial charge in [0, 0.05) is 17.4 Å².